The molecule has 0 unspecified atom stereocenters. The summed E-state index contributed by atoms with van der Waals surface area (Å²) in [5.41, 5.74) is 0. The average Bonchev–Trinajstić information content (AvgIpc) is 1.98. The summed E-state index contributed by atoms with van der Waals surface area (Å²) in [6, 6.07) is 5.86. The minimum atomic E-state index is -4.39. The lowest BCUT2D eigenvalue weighted by Gasteiger charge is -1.94. The Balaban J connectivity index is 0.000000281. The van der Waals surface area contributed by atoms with Gasteiger partial charge >= 0.3 is 11.5 Å². The molecule has 90 valence electrons. The zero-order valence-corrected chi connectivity index (χ0v) is 9.65. The maximum atomic E-state index is 9.58. The van der Waals surface area contributed by atoms with E-state index in [0.717, 1.165) is 11.5 Å². The minimum Gasteiger partial charge on any atom is -0.549 e. The average molecular weight is 248 g/mol. The Morgan fingerprint density at radius 3 is 1.94 bits per heavy atom. The van der Waals surface area contributed by atoms with Crippen molar-refractivity contribution in [1.82, 2.24) is 0 Å². The molecule has 0 saturated carbocycles. The largest absolute Gasteiger partial charge is 0.549 e. The van der Waals surface area contributed by atoms with Crippen LogP contribution in [0.1, 0.15) is 11.5 Å². The molecule has 16 heavy (non-hydrogen) atoms. The van der Waals surface area contributed by atoms with E-state index >= 15 is 0 Å². The van der Waals surface area contributed by atoms with E-state index in [0.29, 0.717) is 0 Å². The van der Waals surface area contributed by atoms with Crippen molar-refractivity contribution in [2.45, 2.75) is 13.8 Å². The summed E-state index contributed by atoms with van der Waals surface area (Å²) in [5.74, 6) is -1.23. The van der Waals surface area contributed by atoms with Crippen molar-refractivity contribution < 1.29 is 27.3 Å². The highest BCUT2D eigenvalue weighted by molar-refractivity contribution is 7.86. The molecular weight excluding hydrogens is 236 g/mol. The van der Waals surface area contributed by atoms with Gasteiger partial charge in [-0.2, -0.15) is 8.42 Å². The second-order valence-corrected chi connectivity index (χ2v) is 4.40. The predicted molar refractivity (Wildman–Crippen MR) is 54.0 cm³/mol. The number of rotatable bonds is 2. The van der Waals surface area contributed by atoms with Gasteiger partial charge in [-0.05, 0) is 6.07 Å². The lowest BCUT2D eigenvalue weighted by Crippen LogP contribution is -2.30. The summed E-state index contributed by atoms with van der Waals surface area (Å²) in [6.07, 6.45) is 0. The Labute approximate surface area is 93.3 Å². The van der Waals surface area contributed by atoms with Crippen molar-refractivity contribution in [3.05, 3.63) is 29.7 Å². The number of hydrogen-bond donors (Lipinski definition) is 1. The molecule has 1 heterocycles. The molecule has 0 amide bonds. The third kappa shape index (κ3) is 9.10. The van der Waals surface area contributed by atoms with E-state index < -0.39 is 21.8 Å². The highest BCUT2D eigenvalue weighted by Gasteiger charge is 2.02. The van der Waals surface area contributed by atoms with Crippen molar-refractivity contribution in [3.8, 4) is 0 Å². The van der Waals surface area contributed by atoms with Crippen LogP contribution in [-0.2, 0) is 14.9 Å². The van der Waals surface area contributed by atoms with Crippen LogP contribution in [-0.4, -0.2) is 24.7 Å². The molecule has 0 aliphatic carbocycles. The van der Waals surface area contributed by atoms with Crippen LogP contribution in [0, 0.1) is 13.8 Å². The summed E-state index contributed by atoms with van der Waals surface area (Å²) in [4.78, 5) is 9.36. The van der Waals surface area contributed by atoms with Gasteiger partial charge in [0.15, 0.2) is 0 Å². The first-order chi connectivity index (χ1) is 7.20. The van der Waals surface area contributed by atoms with Gasteiger partial charge in [-0.15, -0.1) is 0 Å². The first-order valence-electron chi connectivity index (χ1n) is 4.22. The lowest BCUT2D eigenvalue weighted by atomic mass is 10.4. The smallest absolute Gasteiger partial charge is 0.326 e. The monoisotopic (exact) mass is 248 g/mol. The molecule has 1 aromatic rings. The van der Waals surface area contributed by atoms with Crippen LogP contribution in [0.2, 0.25) is 0 Å². The van der Waals surface area contributed by atoms with Gasteiger partial charge in [-0.1, -0.05) is 0 Å². The molecule has 0 fully saturated rings. The summed E-state index contributed by atoms with van der Waals surface area (Å²) in [5, 5.41) is 9.36. The van der Waals surface area contributed by atoms with Crippen LogP contribution in [0.4, 0.5) is 0 Å². The number of carboxylic acids is 1. The SMILES string of the molecule is Cc1cccc(C)[o+]1.O=C([O-])CS(=O)(=O)O. The number of carboxylic acid groups (broad SMARTS) is 1. The second-order valence-electron chi connectivity index (χ2n) is 2.95. The quantitative estimate of drug-likeness (QED) is 0.574. The topological polar surface area (TPSA) is 106 Å². The normalized spacial score (nSPS) is 10.2. The second kappa shape index (κ2) is 6.19. The van der Waals surface area contributed by atoms with E-state index in [1.165, 1.54) is 0 Å². The molecule has 0 spiro atoms. The van der Waals surface area contributed by atoms with Gasteiger partial charge < -0.3 is 9.90 Å². The predicted octanol–water partition coefficient (Wildman–Crippen LogP) is -0.198. The van der Waals surface area contributed by atoms with E-state index in [2.05, 4.69) is 0 Å². The van der Waals surface area contributed by atoms with Gasteiger partial charge in [-0.25, -0.2) is 4.42 Å². The van der Waals surface area contributed by atoms with E-state index in [-0.39, 0.29) is 0 Å². The highest BCUT2D eigenvalue weighted by Crippen LogP contribution is 2.00. The van der Waals surface area contributed by atoms with Crippen LogP contribution in [0.25, 0.3) is 0 Å². The maximum Gasteiger partial charge on any atom is 0.326 e. The van der Waals surface area contributed by atoms with Gasteiger partial charge in [0.25, 0.3) is 10.1 Å². The van der Waals surface area contributed by atoms with Crippen LogP contribution < -0.4 is 5.11 Å². The molecule has 1 N–H and O–H groups in total. The Hall–Kier alpha value is -1.47. The number of carbonyl (C=O) groups excluding carboxylic acids is 1. The number of hydrogen-bond acceptors (Lipinski definition) is 4. The fourth-order valence-electron chi connectivity index (χ4n) is 0.790. The van der Waals surface area contributed by atoms with Gasteiger partial charge in [-0.3, -0.25) is 4.55 Å². The Kier molecular flexibility index (Phi) is 5.62. The van der Waals surface area contributed by atoms with Crippen LogP contribution in [0.15, 0.2) is 22.6 Å². The highest BCUT2D eigenvalue weighted by atomic mass is 32.2. The Morgan fingerprint density at radius 1 is 1.38 bits per heavy atom. The van der Waals surface area contributed by atoms with Gasteiger partial charge in [0.1, 0.15) is 5.75 Å². The van der Waals surface area contributed by atoms with Gasteiger partial charge in [0, 0.05) is 12.1 Å². The van der Waals surface area contributed by atoms with Crippen LogP contribution in [0.5, 0.6) is 0 Å². The van der Waals surface area contributed by atoms with Crippen molar-refractivity contribution in [1.29, 1.82) is 0 Å². The number of aryl methyl sites for hydroxylation is 2. The van der Waals surface area contributed by atoms with Crippen LogP contribution >= 0.6 is 0 Å². The van der Waals surface area contributed by atoms with E-state index in [4.69, 9.17) is 8.97 Å². The third-order valence-corrected chi connectivity index (χ3v) is 1.88. The van der Waals surface area contributed by atoms with Gasteiger partial charge in [0.2, 0.25) is 0 Å². The number of carbonyl (C=O) groups is 1. The molecule has 0 aromatic carbocycles. The molecule has 0 aliphatic rings. The van der Waals surface area contributed by atoms with Crippen molar-refractivity contribution >= 4 is 16.1 Å². The molecule has 7 heteroatoms. The molecule has 0 atom stereocenters. The van der Waals surface area contributed by atoms with Crippen molar-refractivity contribution in [2.75, 3.05) is 5.75 Å². The number of aliphatic carboxylic acids is 1. The van der Waals surface area contributed by atoms with E-state index in [1.807, 2.05) is 32.0 Å². The fourth-order valence-corrected chi connectivity index (χ4v) is 1.09. The molecule has 0 aliphatic heterocycles. The lowest BCUT2D eigenvalue weighted by molar-refractivity contribution is -0.301. The standard InChI is InChI=1S/C7H9O.C2H4O5S/c1-6-4-3-5-7(2)8-6;3-2(4)1-8(5,6)7/h3-5H,1-2H3;1H2,(H,3,4)(H,5,6,7)/q+1;/p-1. The minimum absolute atomic E-state index is 0.963. The first-order valence-corrected chi connectivity index (χ1v) is 5.83. The molecule has 1 aromatic heterocycles. The summed E-state index contributed by atoms with van der Waals surface area (Å²) in [6.45, 7) is 3.88. The Morgan fingerprint density at radius 2 is 1.81 bits per heavy atom. The van der Waals surface area contributed by atoms with Gasteiger partial charge in [0.05, 0.1) is 19.8 Å². The maximum absolute atomic E-state index is 9.58. The van der Waals surface area contributed by atoms with Crippen molar-refractivity contribution in [2.24, 2.45) is 0 Å². The Bertz CT molecular complexity index is 434. The molecular formula is C9H12O6S. The third-order valence-electron chi connectivity index (χ3n) is 1.28. The zero-order chi connectivity index (χ0) is 12.8. The molecule has 0 bridgehead atoms. The molecule has 1 rings (SSSR count). The van der Waals surface area contributed by atoms with E-state index in [1.54, 1.807) is 0 Å². The molecule has 0 radical (unpaired) electrons. The zero-order valence-electron chi connectivity index (χ0n) is 8.84. The van der Waals surface area contributed by atoms with Crippen molar-refractivity contribution in [3.63, 3.8) is 0 Å². The summed E-state index contributed by atoms with van der Waals surface area (Å²) < 4.78 is 32.1. The summed E-state index contributed by atoms with van der Waals surface area (Å²) >= 11 is 0. The summed E-state index contributed by atoms with van der Waals surface area (Å²) in [7, 11) is -4.39. The fraction of sp³-hybridized carbons (Fsp3) is 0.333. The first kappa shape index (κ1) is 14.5. The van der Waals surface area contributed by atoms with E-state index in [9.17, 15) is 18.3 Å². The molecule has 6 nitrogen and oxygen atoms in total. The molecule has 0 saturated heterocycles. The van der Waals surface area contributed by atoms with Crippen LogP contribution in [0.3, 0.4) is 0 Å².